The standard InChI is InChI=1S/C29H28F4N2O5.C15H21ClN2O3.C14H9F3O3.CH4/c30-20-6-8-21(9-7-20)40-22-5-3-4-19(16-22)29(32,33)28(37)34-24(17-35-10-1-2-11-35)26(36)18-14-23(31)27-25(15-18)38-12-13-39-27;16-11-7-10(8-13-15(11)21-6-5-20-13)14(19)12(17)9-18-3-1-2-4-18;15-10-4-6-11(7-5-10)20-12-3-1-2-9(8-12)14(16,17)13(18)19;/h3-9,14-16,24,26,36H,1-2,10-13,17H2,(H,34,37);7-8,12,14,19H,1-6,9,17H2;1-8H,(H,18,19);1H4/t24-,26-;12-,14-;;/m11../s1. The van der Waals surface area contributed by atoms with Crippen LogP contribution in [0.4, 0.5) is 30.7 Å². The second-order valence-corrected chi connectivity index (χ2v) is 19.7. The molecule has 0 radical (unpaired) electrons. The van der Waals surface area contributed by atoms with Crippen molar-refractivity contribution in [1.82, 2.24) is 15.1 Å². The number of hydrogen-bond donors (Lipinski definition) is 5. The number of amides is 1. The van der Waals surface area contributed by atoms with E-state index in [4.69, 9.17) is 50.9 Å². The predicted molar refractivity (Wildman–Crippen MR) is 289 cm³/mol. The van der Waals surface area contributed by atoms with Crippen molar-refractivity contribution in [2.45, 2.75) is 69.2 Å². The van der Waals surface area contributed by atoms with Crippen molar-refractivity contribution in [2.75, 3.05) is 65.7 Å². The van der Waals surface area contributed by atoms with Gasteiger partial charge in [-0.1, -0.05) is 43.3 Å². The van der Waals surface area contributed by atoms with E-state index >= 15 is 8.78 Å². The Kier molecular flexibility index (Phi) is 21.3. The molecule has 2 fully saturated rings. The summed E-state index contributed by atoms with van der Waals surface area (Å²) in [6.07, 6.45) is 1.92. The van der Waals surface area contributed by atoms with Crippen LogP contribution in [0, 0.1) is 17.5 Å². The molecule has 4 aliphatic rings. The van der Waals surface area contributed by atoms with Gasteiger partial charge in [-0.3, -0.25) is 4.79 Å². The summed E-state index contributed by atoms with van der Waals surface area (Å²) in [6.45, 7) is 5.57. The van der Waals surface area contributed by atoms with Gasteiger partial charge >= 0.3 is 17.8 Å². The number of ether oxygens (including phenoxy) is 6. The number of rotatable bonds is 17. The van der Waals surface area contributed by atoms with E-state index in [2.05, 4.69) is 10.2 Å². The Balaban J connectivity index is 0.000000194. The summed E-state index contributed by atoms with van der Waals surface area (Å²) in [5.74, 6) is -11.9. The van der Waals surface area contributed by atoms with Crippen molar-refractivity contribution in [2.24, 2.45) is 5.73 Å². The Morgan fingerprint density at radius 3 is 1.56 bits per heavy atom. The molecular weight excluding hydrogens is 1110 g/mol. The molecule has 10 rings (SSSR count). The van der Waals surface area contributed by atoms with Crippen molar-refractivity contribution >= 4 is 23.5 Å². The SMILES string of the molecule is C.N[C@H](CN1CCCC1)[C@H](O)c1cc(Cl)c2c(c1)OCCO2.O=C(N[C@H](CN1CCCC1)[C@H](O)c1cc(F)c2c(c1)OCCO2)C(F)(F)c1cccc(Oc2ccc(F)cc2)c1.O=C(O)C(F)(F)c1cccc(Oc2ccc(F)cc2)c1. The van der Waals surface area contributed by atoms with Gasteiger partial charge in [0, 0.05) is 30.3 Å². The summed E-state index contributed by atoms with van der Waals surface area (Å²) in [4.78, 5) is 27.7. The first-order chi connectivity index (χ1) is 38.7. The lowest BCUT2D eigenvalue weighted by Gasteiger charge is -2.30. The highest BCUT2D eigenvalue weighted by Crippen LogP contribution is 2.41. The highest BCUT2D eigenvalue weighted by molar-refractivity contribution is 6.32. The van der Waals surface area contributed by atoms with Gasteiger partial charge in [0.2, 0.25) is 0 Å². The number of alkyl halides is 4. The molecular formula is C59H62ClF7N4O11. The van der Waals surface area contributed by atoms with Gasteiger partial charge in [0.15, 0.2) is 28.8 Å². The van der Waals surface area contributed by atoms with Crippen molar-refractivity contribution < 1.29 is 84.1 Å². The van der Waals surface area contributed by atoms with E-state index in [1.807, 2.05) is 4.90 Å². The van der Waals surface area contributed by atoms with E-state index in [1.54, 1.807) is 12.1 Å². The van der Waals surface area contributed by atoms with Gasteiger partial charge < -0.3 is 64.6 Å². The fourth-order valence-electron chi connectivity index (χ4n) is 9.21. The number of benzene rings is 6. The Morgan fingerprint density at radius 1 is 0.598 bits per heavy atom. The van der Waals surface area contributed by atoms with E-state index in [0.717, 1.165) is 68.4 Å². The van der Waals surface area contributed by atoms with E-state index in [0.29, 0.717) is 54.9 Å². The molecule has 0 bridgehead atoms. The zero-order chi connectivity index (χ0) is 57.8. The third-order valence-electron chi connectivity index (χ3n) is 13.4. The average Bonchev–Trinajstić information content (AvgIpc) is 4.25. The smallest absolute Gasteiger partial charge is 0.379 e. The number of halogens is 8. The van der Waals surface area contributed by atoms with Crippen LogP contribution in [-0.4, -0.2) is 115 Å². The fraction of sp³-hybridized carbons (Fsp3) is 0.356. The van der Waals surface area contributed by atoms with Crippen LogP contribution in [0.5, 0.6) is 46.0 Å². The third-order valence-corrected chi connectivity index (χ3v) is 13.7. The van der Waals surface area contributed by atoms with Crippen molar-refractivity contribution in [1.29, 1.82) is 0 Å². The molecule has 15 nitrogen and oxygen atoms in total. The number of carbonyl (C=O) groups excluding carboxylic acids is 1. The quantitative estimate of drug-likeness (QED) is 0.0541. The Bertz CT molecular complexity index is 3100. The highest BCUT2D eigenvalue weighted by Gasteiger charge is 2.44. The van der Waals surface area contributed by atoms with Crippen molar-refractivity contribution in [3.63, 3.8) is 0 Å². The molecule has 0 saturated carbocycles. The van der Waals surface area contributed by atoms with Crippen LogP contribution >= 0.6 is 11.6 Å². The summed E-state index contributed by atoms with van der Waals surface area (Å²) in [5, 5.41) is 32.9. The zero-order valence-corrected chi connectivity index (χ0v) is 44.1. The number of nitrogens with one attached hydrogen (secondary N) is 1. The number of carbonyl (C=O) groups is 2. The number of carboxylic acid groups (broad SMARTS) is 1. The minimum absolute atomic E-state index is 0. The van der Waals surface area contributed by atoms with E-state index in [-0.39, 0.29) is 73.3 Å². The van der Waals surface area contributed by atoms with Gasteiger partial charge in [-0.2, -0.15) is 17.6 Å². The molecule has 440 valence electrons. The van der Waals surface area contributed by atoms with Gasteiger partial charge in [0.1, 0.15) is 67.2 Å². The molecule has 4 heterocycles. The molecule has 2 saturated heterocycles. The second kappa shape index (κ2) is 28.1. The number of likely N-dealkylation sites (tertiary alicyclic amines) is 2. The van der Waals surface area contributed by atoms with Gasteiger partial charge in [-0.15, -0.1) is 0 Å². The lowest BCUT2D eigenvalue weighted by Crippen LogP contribution is -2.51. The summed E-state index contributed by atoms with van der Waals surface area (Å²) >= 11 is 6.20. The topological polar surface area (TPSA) is 195 Å². The molecule has 0 aromatic heterocycles. The molecule has 0 unspecified atom stereocenters. The predicted octanol–water partition coefficient (Wildman–Crippen LogP) is 10.9. The number of hydrogen-bond acceptors (Lipinski definition) is 13. The second-order valence-electron chi connectivity index (χ2n) is 19.3. The maximum absolute atomic E-state index is 15.4. The number of aliphatic carboxylic acids is 1. The lowest BCUT2D eigenvalue weighted by atomic mass is 9.99. The third kappa shape index (κ3) is 16.0. The van der Waals surface area contributed by atoms with Crippen molar-refractivity contribution in [3.05, 3.63) is 166 Å². The number of nitrogens with zero attached hydrogens (tertiary/aromatic N) is 2. The molecule has 6 aromatic carbocycles. The molecule has 4 aliphatic heterocycles. The number of aliphatic hydroxyl groups is 2. The summed E-state index contributed by atoms with van der Waals surface area (Å²) in [5.41, 5.74) is 5.56. The van der Waals surface area contributed by atoms with Gasteiger partial charge in [0.25, 0.3) is 5.91 Å². The molecule has 6 N–H and O–H groups in total. The molecule has 4 atom stereocenters. The molecule has 6 aromatic rings. The number of nitrogens with two attached hydrogens (primary N) is 1. The van der Waals surface area contributed by atoms with Crippen LogP contribution in [-0.2, 0) is 21.4 Å². The monoisotopic (exact) mass is 1170 g/mol. The highest BCUT2D eigenvalue weighted by atomic mass is 35.5. The zero-order valence-electron chi connectivity index (χ0n) is 43.4. The summed E-state index contributed by atoms with van der Waals surface area (Å²) in [6, 6.07) is 23.8. The molecule has 82 heavy (non-hydrogen) atoms. The first kappa shape index (κ1) is 62.3. The van der Waals surface area contributed by atoms with Crippen LogP contribution in [0.1, 0.15) is 67.6 Å². The Morgan fingerprint density at radius 2 is 1.05 bits per heavy atom. The normalized spacial score (nSPS) is 16.4. The molecule has 0 aliphatic carbocycles. The number of carboxylic acids is 1. The van der Waals surface area contributed by atoms with E-state index < -0.39 is 70.5 Å². The minimum atomic E-state index is -4.00. The van der Waals surface area contributed by atoms with Gasteiger partial charge in [0.05, 0.1) is 17.2 Å². The lowest BCUT2D eigenvalue weighted by molar-refractivity contribution is -0.166. The van der Waals surface area contributed by atoms with Crippen LogP contribution in [0.25, 0.3) is 0 Å². The maximum Gasteiger partial charge on any atom is 0.379 e. The molecule has 0 spiro atoms. The largest absolute Gasteiger partial charge is 0.486 e. The summed E-state index contributed by atoms with van der Waals surface area (Å²) < 4.78 is 131. The number of fused-ring (bicyclic) bond motifs is 2. The maximum atomic E-state index is 15.4. The van der Waals surface area contributed by atoms with Crippen molar-refractivity contribution in [3.8, 4) is 46.0 Å². The molecule has 1 amide bonds. The average molecular weight is 1170 g/mol. The van der Waals surface area contributed by atoms with Crippen LogP contribution < -0.4 is 39.5 Å². The first-order valence-electron chi connectivity index (χ1n) is 25.9. The van der Waals surface area contributed by atoms with Gasteiger partial charge in [-0.05, 0) is 160 Å². The van der Waals surface area contributed by atoms with E-state index in [9.17, 15) is 41.8 Å². The molecule has 23 heteroatoms. The Labute approximate surface area is 473 Å². The van der Waals surface area contributed by atoms with Gasteiger partial charge in [-0.25, -0.2) is 18.0 Å². The number of aliphatic hydroxyl groups excluding tert-OH is 2. The summed E-state index contributed by atoms with van der Waals surface area (Å²) in [7, 11) is 0. The van der Waals surface area contributed by atoms with E-state index in [1.165, 1.54) is 79.6 Å². The van der Waals surface area contributed by atoms with Crippen LogP contribution in [0.2, 0.25) is 5.02 Å². The van der Waals surface area contributed by atoms with Crippen LogP contribution in [0.3, 0.4) is 0 Å². The minimum Gasteiger partial charge on any atom is -0.486 e. The fourth-order valence-corrected chi connectivity index (χ4v) is 9.49. The Hall–Kier alpha value is -7.34. The first-order valence-corrected chi connectivity index (χ1v) is 26.3. The van der Waals surface area contributed by atoms with Crippen LogP contribution in [0.15, 0.2) is 121 Å².